The van der Waals surface area contributed by atoms with E-state index in [0.717, 1.165) is 0 Å². The topological polar surface area (TPSA) is 129 Å². The van der Waals surface area contributed by atoms with Gasteiger partial charge in [0, 0.05) is 18.1 Å². The average molecular weight is 385 g/mol. The third kappa shape index (κ3) is 4.79. The molecule has 0 aromatic carbocycles. The third-order valence-electron chi connectivity index (χ3n) is 3.34. The number of urea groups is 1. The summed E-state index contributed by atoms with van der Waals surface area (Å²) in [5.41, 5.74) is 1.83. The quantitative estimate of drug-likeness (QED) is 0.476. The maximum absolute atomic E-state index is 11.7. The summed E-state index contributed by atoms with van der Waals surface area (Å²) >= 11 is 1.33. The first-order valence-electron chi connectivity index (χ1n) is 8.02. The molecule has 9 nitrogen and oxygen atoms in total. The van der Waals surface area contributed by atoms with Crippen molar-refractivity contribution in [1.82, 2.24) is 20.3 Å². The van der Waals surface area contributed by atoms with Crippen LogP contribution in [0.5, 0.6) is 5.75 Å². The van der Waals surface area contributed by atoms with Gasteiger partial charge in [-0.3, -0.25) is 10.3 Å². The fourth-order valence-electron chi connectivity index (χ4n) is 2.24. The van der Waals surface area contributed by atoms with Gasteiger partial charge in [-0.25, -0.2) is 14.8 Å². The fourth-order valence-corrected chi connectivity index (χ4v) is 3.07. The van der Waals surface area contributed by atoms with Crippen LogP contribution in [0.4, 0.5) is 10.6 Å². The first-order valence-corrected chi connectivity index (χ1v) is 8.89. The molecule has 0 aliphatic rings. The van der Waals surface area contributed by atoms with E-state index in [9.17, 15) is 4.79 Å². The number of amides is 2. The van der Waals surface area contributed by atoms with E-state index in [1.165, 1.54) is 17.5 Å². The van der Waals surface area contributed by atoms with Crippen molar-refractivity contribution in [1.29, 1.82) is 0 Å². The summed E-state index contributed by atoms with van der Waals surface area (Å²) in [4.78, 5) is 24.6. The number of carbonyl (C=O) groups is 1. The molecule has 0 saturated heterocycles. The Kier molecular flexibility index (Phi) is 5.96. The maximum atomic E-state index is 11.7. The monoisotopic (exact) mass is 385 g/mol. The van der Waals surface area contributed by atoms with E-state index in [2.05, 4.69) is 25.6 Å². The molecule has 0 atom stereocenters. The SMILES string of the molecule is CCNC(=O)Nc1cc(-c2nc(-c3ccccn3)cs2)c(OB(O)O)cn1. The molecule has 27 heavy (non-hydrogen) atoms. The number of thiazole rings is 1. The van der Waals surface area contributed by atoms with E-state index < -0.39 is 13.4 Å². The molecule has 0 spiro atoms. The second kappa shape index (κ2) is 8.58. The maximum Gasteiger partial charge on any atom is 0.707 e. The second-order valence-electron chi connectivity index (χ2n) is 5.25. The Hall–Kier alpha value is -3.02. The number of aromatic nitrogens is 3. The summed E-state index contributed by atoms with van der Waals surface area (Å²) in [6.45, 7) is 2.27. The number of anilines is 1. The summed E-state index contributed by atoms with van der Waals surface area (Å²) in [6.07, 6.45) is 2.96. The molecule has 0 unspecified atom stereocenters. The number of nitrogens with one attached hydrogen (secondary N) is 2. The van der Waals surface area contributed by atoms with Crippen LogP contribution in [-0.2, 0) is 0 Å². The lowest BCUT2D eigenvalue weighted by atomic mass is 10.2. The minimum Gasteiger partial charge on any atom is -0.510 e. The molecular weight excluding hydrogens is 369 g/mol. The van der Waals surface area contributed by atoms with E-state index in [1.54, 1.807) is 19.2 Å². The minimum atomic E-state index is -2.01. The van der Waals surface area contributed by atoms with Crippen LogP contribution in [0, 0.1) is 0 Å². The summed E-state index contributed by atoms with van der Waals surface area (Å²) in [5, 5.41) is 25.9. The number of carbonyl (C=O) groups excluding carboxylic acids is 1. The number of hydrogen-bond donors (Lipinski definition) is 4. The first-order chi connectivity index (χ1) is 13.1. The van der Waals surface area contributed by atoms with Gasteiger partial charge in [-0.15, -0.1) is 11.3 Å². The van der Waals surface area contributed by atoms with Gasteiger partial charge in [-0.1, -0.05) is 6.07 Å². The van der Waals surface area contributed by atoms with Crippen molar-refractivity contribution >= 4 is 30.5 Å². The molecule has 3 rings (SSSR count). The molecule has 3 heterocycles. The first kappa shape index (κ1) is 18.8. The van der Waals surface area contributed by atoms with Crippen LogP contribution in [0.2, 0.25) is 0 Å². The van der Waals surface area contributed by atoms with Crippen LogP contribution in [0.15, 0.2) is 42.0 Å². The van der Waals surface area contributed by atoms with Crippen LogP contribution in [0.3, 0.4) is 0 Å². The van der Waals surface area contributed by atoms with Gasteiger partial charge in [0.15, 0.2) is 0 Å². The van der Waals surface area contributed by atoms with E-state index in [-0.39, 0.29) is 11.6 Å². The second-order valence-corrected chi connectivity index (χ2v) is 6.11. The summed E-state index contributed by atoms with van der Waals surface area (Å²) in [7, 11) is -2.01. The summed E-state index contributed by atoms with van der Waals surface area (Å²) in [6, 6.07) is 6.66. The molecule has 0 saturated carbocycles. The predicted molar refractivity (Wildman–Crippen MR) is 102 cm³/mol. The van der Waals surface area contributed by atoms with Gasteiger partial charge >= 0.3 is 13.4 Å². The van der Waals surface area contributed by atoms with Crippen molar-refractivity contribution < 1.29 is 19.5 Å². The molecule has 4 N–H and O–H groups in total. The molecule has 11 heteroatoms. The zero-order valence-electron chi connectivity index (χ0n) is 14.3. The van der Waals surface area contributed by atoms with E-state index >= 15 is 0 Å². The van der Waals surface area contributed by atoms with Crippen molar-refractivity contribution in [2.75, 3.05) is 11.9 Å². The fraction of sp³-hybridized carbons (Fsp3) is 0.125. The van der Waals surface area contributed by atoms with Gasteiger partial charge in [0.2, 0.25) is 0 Å². The van der Waals surface area contributed by atoms with E-state index in [1.807, 2.05) is 23.6 Å². The normalized spacial score (nSPS) is 10.3. The van der Waals surface area contributed by atoms with Crippen LogP contribution < -0.4 is 15.3 Å². The van der Waals surface area contributed by atoms with Crippen molar-refractivity contribution in [3.05, 3.63) is 42.0 Å². The molecule has 138 valence electrons. The number of nitrogens with zero attached hydrogens (tertiary/aromatic N) is 3. The molecule has 0 fully saturated rings. The molecule has 3 aromatic heterocycles. The lowest BCUT2D eigenvalue weighted by Gasteiger charge is -2.11. The van der Waals surface area contributed by atoms with Gasteiger partial charge < -0.3 is 20.0 Å². The number of hydrogen-bond acceptors (Lipinski definition) is 8. The van der Waals surface area contributed by atoms with Crippen molar-refractivity contribution in [3.63, 3.8) is 0 Å². The molecule has 3 aromatic rings. The Morgan fingerprint density at radius 2 is 2.15 bits per heavy atom. The minimum absolute atomic E-state index is 0.119. The van der Waals surface area contributed by atoms with Gasteiger partial charge in [-0.05, 0) is 25.1 Å². The standard InChI is InChI=1S/C16H16BN5O4S/c1-2-18-16(23)22-14-7-10(13(8-20-14)26-17(24)25)15-21-12(9-27-15)11-5-3-4-6-19-11/h3-9,24-25H,2H2,1H3,(H2,18,20,22,23). The van der Waals surface area contributed by atoms with Gasteiger partial charge in [0.1, 0.15) is 22.3 Å². The average Bonchev–Trinajstić information content (AvgIpc) is 3.13. The molecule has 0 bridgehead atoms. The lowest BCUT2D eigenvalue weighted by molar-refractivity contribution is 0.252. The highest BCUT2D eigenvalue weighted by molar-refractivity contribution is 7.13. The van der Waals surface area contributed by atoms with Crippen LogP contribution in [-0.4, -0.2) is 44.9 Å². The smallest absolute Gasteiger partial charge is 0.510 e. The van der Waals surface area contributed by atoms with Crippen LogP contribution in [0.25, 0.3) is 22.0 Å². The predicted octanol–water partition coefficient (Wildman–Crippen LogP) is 1.76. The van der Waals surface area contributed by atoms with E-state index in [0.29, 0.717) is 28.5 Å². The van der Waals surface area contributed by atoms with Crippen molar-refractivity contribution in [2.24, 2.45) is 0 Å². The summed E-state index contributed by atoms with van der Waals surface area (Å²) in [5.74, 6) is 0.388. The third-order valence-corrected chi connectivity index (χ3v) is 4.22. The zero-order valence-corrected chi connectivity index (χ0v) is 15.1. The van der Waals surface area contributed by atoms with Gasteiger partial charge in [0.25, 0.3) is 0 Å². The van der Waals surface area contributed by atoms with Crippen molar-refractivity contribution in [2.45, 2.75) is 6.92 Å². The Labute approximate surface area is 159 Å². The molecule has 0 radical (unpaired) electrons. The molecule has 0 aliphatic carbocycles. The van der Waals surface area contributed by atoms with Gasteiger partial charge in [0.05, 0.1) is 17.5 Å². The molecular formula is C16H16BN5O4S. The highest BCUT2D eigenvalue weighted by Crippen LogP contribution is 2.35. The lowest BCUT2D eigenvalue weighted by Crippen LogP contribution is -2.28. The van der Waals surface area contributed by atoms with Gasteiger partial charge in [-0.2, -0.15) is 0 Å². The molecule has 0 aliphatic heterocycles. The van der Waals surface area contributed by atoms with Crippen LogP contribution >= 0.6 is 11.3 Å². The Morgan fingerprint density at radius 1 is 1.30 bits per heavy atom. The number of pyridine rings is 2. The molecule has 2 amide bonds. The number of rotatable bonds is 6. The highest BCUT2D eigenvalue weighted by Gasteiger charge is 2.19. The Morgan fingerprint density at radius 3 is 2.85 bits per heavy atom. The summed E-state index contributed by atoms with van der Waals surface area (Å²) < 4.78 is 4.99. The largest absolute Gasteiger partial charge is 0.707 e. The zero-order chi connectivity index (χ0) is 19.2. The van der Waals surface area contributed by atoms with E-state index in [4.69, 9.17) is 14.7 Å². The highest BCUT2D eigenvalue weighted by atomic mass is 32.1. The Balaban J connectivity index is 1.96. The van der Waals surface area contributed by atoms with Crippen molar-refractivity contribution in [3.8, 4) is 27.7 Å². The van der Waals surface area contributed by atoms with Crippen LogP contribution in [0.1, 0.15) is 6.92 Å². The Bertz CT molecular complexity index is 922.